The van der Waals surface area contributed by atoms with Gasteiger partial charge in [0.05, 0.1) is 6.61 Å². The molecule has 0 unspecified atom stereocenters. The van der Waals surface area contributed by atoms with Crippen molar-refractivity contribution in [2.24, 2.45) is 0 Å². The highest BCUT2D eigenvalue weighted by Gasteiger charge is 2.20. The monoisotopic (exact) mass is 279 g/mol. The van der Waals surface area contributed by atoms with Crippen LogP contribution in [-0.4, -0.2) is 16.6 Å². The van der Waals surface area contributed by atoms with Crippen LogP contribution in [0, 0.1) is 22.7 Å². The largest absolute Gasteiger partial charge is 0.477 e. The fraction of sp³-hybridized carbons (Fsp3) is 0.200. The summed E-state index contributed by atoms with van der Waals surface area (Å²) >= 11 is 0. The van der Waals surface area contributed by atoms with Crippen LogP contribution in [-0.2, 0) is 0 Å². The van der Waals surface area contributed by atoms with Gasteiger partial charge in [-0.1, -0.05) is 6.92 Å². The molecule has 0 aliphatic rings. The third-order valence-corrected chi connectivity index (χ3v) is 2.83. The molecule has 0 saturated heterocycles. The lowest BCUT2D eigenvalue weighted by atomic mass is 9.97. The number of nitrogens with two attached hydrogens (primary N) is 1. The number of aromatic nitrogens is 2. The minimum Gasteiger partial charge on any atom is -0.477 e. The second-order valence-electron chi connectivity index (χ2n) is 4.24. The van der Waals surface area contributed by atoms with Gasteiger partial charge in [-0.15, -0.1) is 0 Å². The van der Waals surface area contributed by atoms with Crippen molar-refractivity contribution in [3.8, 4) is 29.1 Å². The Morgan fingerprint density at radius 3 is 2.43 bits per heavy atom. The highest BCUT2D eigenvalue weighted by atomic mass is 16.5. The van der Waals surface area contributed by atoms with Crippen LogP contribution in [0.5, 0.6) is 5.88 Å². The second-order valence-corrected chi connectivity index (χ2v) is 4.24. The minimum atomic E-state index is 0.0504. The molecule has 0 bridgehead atoms. The molecule has 2 aromatic heterocycles. The molecular weight excluding hydrogens is 266 g/mol. The SMILES string of the molecule is CCCOc1nc(N)c(C#N)c(-c2ccncc2)c1C#N. The van der Waals surface area contributed by atoms with Gasteiger partial charge in [-0.25, -0.2) is 0 Å². The Balaban J connectivity index is 2.74. The predicted octanol–water partition coefficient (Wildman–Crippen LogP) is 2.26. The Bertz CT molecular complexity index is 728. The Hall–Kier alpha value is -3.12. The molecule has 2 heterocycles. The lowest BCUT2D eigenvalue weighted by Crippen LogP contribution is -2.06. The molecule has 104 valence electrons. The summed E-state index contributed by atoms with van der Waals surface area (Å²) in [6.07, 6.45) is 3.94. The van der Waals surface area contributed by atoms with Crippen molar-refractivity contribution < 1.29 is 4.74 Å². The number of nitrogen functional groups attached to an aromatic ring is 1. The van der Waals surface area contributed by atoms with Gasteiger partial charge in [0, 0.05) is 18.0 Å². The number of hydrogen-bond donors (Lipinski definition) is 1. The van der Waals surface area contributed by atoms with Crippen molar-refractivity contribution in [2.75, 3.05) is 12.3 Å². The van der Waals surface area contributed by atoms with E-state index in [-0.39, 0.29) is 22.8 Å². The summed E-state index contributed by atoms with van der Waals surface area (Å²) in [7, 11) is 0. The van der Waals surface area contributed by atoms with Gasteiger partial charge < -0.3 is 10.5 Å². The summed E-state index contributed by atoms with van der Waals surface area (Å²) in [5, 5.41) is 18.7. The first-order valence-electron chi connectivity index (χ1n) is 6.39. The van der Waals surface area contributed by atoms with Gasteiger partial charge in [0.25, 0.3) is 0 Å². The number of pyridine rings is 2. The van der Waals surface area contributed by atoms with E-state index in [1.54, 1.807) is 24.5 Å². The first-order chi connectivity index (χ1) is 10.2. The van der Waals surface area contributed by atoms with E-state index in [1.165, 1.54) is 0 Å². The zero-order chi connectivity index (χ0) is 15.2. The fourth-order valence-corrected chi connectivity index (χ4v) is 1.91. The summed E-state index contributed by atoms with van der Waals surface area (Å²) < 4.78 is 5.48. The maximum atomic E-state index is 9.43. The topological polar surface area (TPSA) is 109 Å². The Morgan fingerprint density at radius 1 is 1.19 bits per heavy atom. The molecular formula is C15H13N5O. The van der Waals surface area contributed by atoms with Crippen LogP contribution < -0.4 is 10.5 Å². The van der Waals surface area contributed by atoms with Crippen LogP contribution in [0.15, 0.2) is 24.5 Å². The van der Waals surface area contributed by atoms with Crippen molar-refractivity contribution in [2.45, 2.75) is 13.3 Å². The maximum Gasteiger partial charge on any atom is 0.234 e. The van der Waals surface area contributed by atoms with Crippen molar-refractivity contribution in [1.82, 2.24) is 9.97 Å². The summed E-state index contributed by atoms with van der Waals surface area (Å²) in [5.74, 6) is 0.206. The van der Waals surface area contributed by atoms with Crippen LogP contribution in [0.3, 0.4) is 0 Å². The van der Waals surface area contributed by atoms with Crippen LogP contribution in [0.4, 0.5) is 5.82 Å². The number of nitriles is 2. The zero-order valence-corrected chi connectivity index (χ0v) is 11.5. The number of rotatable bonds is 4. The van der Waals surface area contributed by atoms with E-state index < -0.39 is 0 Å². The molecule has 0 aliphatic carbocycles. The summed E-state index contributed by atoms with van der Waals surface area (Å²) in [5.41, 5.74) is 7.31. The van der Waals surface area contributed by atoms with Crippen molar-refractivity contribution in [1.29, 1.82) is 10.5 Å². The standard InChI is InChI=1S/C15H13N5O/c1-2-7-21-15-12(9-17)13(10-3-5-19-6-4-10)11(8-16)14(18)20-15/h3-6H,2,7H2,1H3,(H2,18,20). The van der Waals surface area contributed by atoms with Crippen LogP contribution in [0.1, 0.15) is 24.5 Å². The molecule has 6 nitrogen and oxygen atoms in total. The first-order valence-corrected chi connectivity index (χ1v) is 6.39. The molecule has 2 rings (SSSR count). The normalized spacial score (nSPS) is 9.67. The lowest BCUT2D eigenvalue weighted by Gasteiger charge is -2.13. The molecule has 21 heavy (non-hydrogen) atoms. The molecule has 0 radical (unpaired) electrons. The van der Waals surface area contributed by atoms with E-state index in [0.29, 0.717) is 17.7 Å². The second kappa shape index (κ2) is 6.36. The molecule has 6 heteroatoms. The fourth-order valence-electron chi connectivity index (χ4n) is 1.91. The molecule has 0 amide bonds. The molecule has 2 N–H and O–H groups in total. The minimum absolute atomic E-state index is 0.0504. The highest BCUT2D eigenvalue weighted by Crippen LogP contribution is 2.34. The number of anilines is 1. The lowest BCUT2D eigenvalue weighted by molar-refractivity contribution is 0.305. The Kier molecular flexibility index (Phi) is 4.33. The van der Waals surface area contributed by atoms with Crippen LogP contribution >= 0.6 is 0 Å². The molecule has 0 atom stereocenters. The number of nitrogens with zero attached hydrogens (tertiary/aromatic N) is 4. The molecule has 0 fully saturated rings. The molecule has 0 saturated carbocycles. The molecule has 0 aromatic carbocycles. The zero-order valence-electron chi connectivity index (χ0n) is 11.5. The van der Waals surface area contributed by atoms with Crippen molar-refractivity contribution in [3.63, 3.8) is 0 Å². The molecule has 2 aromatic rings. The van der Waals surface area contributed by atoms with Gasteiger partial charge in [-0.05, 0) is 24.1 Å². The average molecular weight is 279 g/mol. The molecule has 0 aliphatic heterocycles. The number of hydrogen-bond acceptors (Lipinski definition) is 6. The summed E-state index contributed by atoms with van der Waals surface area (Å²) in [6.45, 7) is 2.37. The van der Waals surface area contributed by atoms with Crippen molar-refractivity contribution in [3.05, 3.63) is 35.7 Å². The van der Waals surface area contributed by atoms with Gasteiger partial charge in [0.1, 0.15) is 29.1 Å². The van der Waals surface area contributed by atoms with Gasteiger partial charge in [-0.2, -0.15) is 15.5 Å². The number of ether oxygens (including phenoxy) is 1. The van der Waals surface area contributed by atoms with Crippen LogP contribution in [0.2, 0.25) is 0 Å². The Morgan fingerprint density at radius 2 is 1.86 bits per heavy atom. The first kappa shape index (κ1) is 14.3. The maximum absolute atomic E-state index is 9.43. The van der Waals surface area contributed by atoms with E-state index in [2.05, 4.69) is 16.0 Å². The molecule has 0 spiro atoms. The summed E-state index contributed by atoms with van der Waals surface area (Å²) in [6, 6.07) is 7.48. The highest BCUT2D eigenvalue weighted by molar-refractivity contribution is 5.82. The van der Waals surface area contributed by atoms with E-state index in [0.717, 1.165) is 6.42 Å². The van der Waals surface area contributed by atoms with E-state index in [4.69, 9.17) is 10.5 Å². The van der Waals surface area contributed by atoms with Gasteiger partial charge in [0.2, 0.25) is 5.88 Å². The van der Waals surface area contributed by atoms with Crippen molar-refractivity contribution >= 4 is 5.82 Å². The predicted molar refractivity (Wildman–Crippen MR) is 77.1 cm³/mol. The Labute approximate surface area is 122 Å². The third kappa shape index (κ3) is 2.75. The quantitative estimate of drug-likeness (QED) is 0.919. The van der Waals surface area contributed by atoms with Crippen LogP contribution in [0.25, 0.3) is 11.1 Å². The van der Waals surface area contributed by atoms with Gasteiger partial charge in [0.15, 0.2) is 0 Å². The van der Waals surface area contributed by atoms with E-state index in [1.807, 2.05) is 13.0 Å². The average Bonchev–Trinajstić information content (AvgIpc) is 2.52. The van der Waals surface area contributed by atoms with Gasteiger partial charge in [-0.3, -0.25) is 4.98 Å². The van der Waals surface area contributed by atoms with E-state index in [9.17, 15) is 10.5 Å². The van der Waals surface area contributed by atoms with E-state index >= 15 is 0 Å². The smallest absolute Gasteiger partial charge is 0.234 e. The third-order valence-electron chi connectivity index (χ3n) is 2.83. The van der Waals surface area contributed by atoms with Gasteiger partial charge >= 0.3 is 0 Å². The summed E-state index contributed by atoms with van der Waals surface area (Å²) in [4.78, 5) is 7.97.